The van der Waals surface area contributed by atoms with Gasteiger partial charge in [0.25, 0.3) is 0 Å². The van der Waals surface area contributed by atoms with Crippen LogP contribution in [0, 0.1) is 11.8 Å². The zero-order valence-corrected chi connectivity index (χ0v) is 15.7. The third-order valence-corrected chi connectivity index (χ3v) is 5.60. The molecule has 1 fully saturated rings. The van der Waals surface area contributed by atoms with E-state index in [4.69, 9.17) is 0 Å². The Morgan fingerprint density at radius 1 is 1.26 bits per heavy atom. The van der Waals surface area contributed by atoms with E-state index in [1.807, 2.05) is 12.1 Å². The van der Waals surface area contributed by atoms with Gasteiger partial charge >= 0.3 is 0 Å². The molecule has 0 spiro atoms. The molecule has 6 heteroatoms. The van der Waals surface area contributed by atoms with Crippen molar-refractivity contribution < 1.29 is 8.42 Å². The lowest BCUT2D eigenvalue weighted by Gasteiger charge is -2.22. The summed E-state index contributed by atoms with van der Waals surface area (Å²) in [6.07, 6.45) is 4.26. The fourth-order valence-electron chi connectivity index (χ4n) is 2.93. The molecule has 0 saturated carbocycles. The summed E-state index contributed by atoms with van der Waals surface area (Å²) < 4.78 is 27.3. The van der Waals surface area contributed by atoms with Crippen LogP contribution >= 0.6 is 12.4 Å². The predicted molar refractivity (Wildman–Crippen MR) is 97.6 cm³/mol. The fraction of sp³-hybridized carbons (Fsp3) is 0.647. The van der Waals surface area contributed by atoms with Crippen molar-refractivity contribution in [3.63, 3.8) is 0 Å². The molecule has 1 aliphatic heterocycles. The first-order chi connectivity index (χ1) is 10.5. The second kappa shape index (κ2) is 9.62. The minimum atomic E-state index is -3.38. The van der Waals surface area contributed by atoms with Gasteiger partial charge in [-0.2, -0.15) is 0 Å². The molecule has 0 amide bonds. The van der Waals surface area contributed by atoms with Gasteiger partial charge in [-0.1, -0.05) is 26.0 Å². The maximum atomic E-state index is 12.3. The quantitative estimate of drug-likeness (QED) is 0.785. The molecule has 4 nitrogen and oxygen atoms in total. The molecular formula is C17H29ClN2O2S. The summed E-state index contributed by atoms with van der Waals surface area (Å²) in [4.78, 5) is 0.363. The lowest BCUT2D eigenvalue weighted by Crippen LogP contribution is -2.33. The van der Waals surface area contributed by atoms with E-state index in [1.54, 1.807) is 12.1 Å². The van der Waals surface area contributed by atoms with Crippen LogP contribution in [-0.2, 0) is 16.4 Å². The van der Waals surface area contributed by atoms with Gasteiger partial charge in [-0.05, 0) is 68.3 Å². The molecule has 2 N–H and O–H groups in total. The van der Waals surface area contributed by atoms with E-state index in [1.165, 1.54) is 18.4 Å². The maximum absolute atomic E-state index is 12.3. The molecule has 0 aliphatic carbocycles. The lowest BCUT2D eigenvalue weighted by atomic mass is 9.96. The Balaban J connectivity index is 0.00000264. The van der Waals surface area contributed by atoms with Crippen molar-refractivity contribution in [2.45, 2.75) is 44.4 Å². The average molecular weight is 361 g/mol. The Morgan fingerprint density at radius 3 is 2.52 bits per heavy atom. The van der Waals surface area contributed by atoms with E-state index in [-0.39, 0.29) is 12.4 Å². The number of nitrogens with one attached hydrogen (secondary N) is 2. The van der Waals surface area contributed by atoms with E-state index < -0.39 is 10.0 Å². The maximum Gasteiger partial charge on any atom is 0.240 e. The van der Waals surface area contributed by atoms with Crippen LogP contribution in [0.5, 0.6) is 0 Å². The molecule has 1 saturated heterocycles. The van der Waals surface area contributed by atoms with Gasteiger partial charge in [0.15, 0.2) is 0 Å². The number of halogens is 1. The first-order valence-electron chi connectivity index (χ1n) is 8.26. The highest BCUT2D eigenvalue weighted by Gasteiger charge is 2.16. The number of hydrogen-bond acceptors (Lipinski definition) is 3. The highest BCUT2D eigenvalue weighted by molar-refractivity contribution is 7.89. The first kappa shape index (κ1) is 20.4. The Kier molecular flexibility index (Phi) is 8.54. The van der Waals surface area contributed by atoms with Crippen LogP contribution in [0.1, 0.15) is 38.7 Å². The van der Waals surface area contributed by atoms with Crippen LogP contribution in [0.4, 0.5) is 0 Å². The van der Waals surface area contributed by atoms with Gasteiger partial charge in [0, 0.05) is 6.54 Å². The Bertz CT molecular complexity index is 552. The van der Waals surface area contributed by atoms with Gasteiger partial charge in [-0.3, -0.25) is 0 Å². The lowest BCUT2D eigenvalue weighted by molar-refractivity contribution is 0.358. The van der Waals surface area contributed by atoms with Gasteiger partial charge in [-0.15, -0.1) is 12.4 Å². The van der Waals surface area contributed by atoms with E-state index in [0.717, 1.165) is 25.9 Å². The molecule has 1 aromatic rings. The smallest absolute Gasteiger partial charge is 0.240 e. The second-order valence-electron chi connectivity index (χ2n) is 6.64. The third kappa shape index (κ3) is 6.79. The molecule has 1 unspecified atom stereocenters. The van der Waals surface area contributed by atoms with E-state index in [9.17, 15) is 8.42 Å². The summed E-state index contributed by atoms with van der Waals surface area (Å²) in [6, 6.07) is 7.25. The highest BCUT2D eigenvalue weighted by Crippen LogP contribution is 2.15. The van der Waals surface area contributed by atoms with Crippen molar-refractivity contribution in [3.05, 3.63) is 29.8 Å². The van der Waals surface area contributed by atoms with Crippen molar-refractivity contribution in [1.29, 1.82) is 0 Å². The summed E-state index contributed by atoms with van der Waals surface area (Å²) in [7, 11) is -3.38. The summed E-state index contributed by atoms with van der Waals surface area (Å²) >= 11 is 0. The number of piperidine rings is 1. The number of rotatable bonds is 7. The van der Waals surface area contributed by atoms with Gasteiger partial charge in [0.1, 0.15) is 0 Å². The number of hydrogen-bond donors (Lipinski definition) is 2. The zero-order chi connectivity index (χ0) is 16.0. The highest BCUT2D eigenvalue weighted by atomic mass is 35.5. The molecule has 0 radical (unpaired) electrons. The normalized spacial score (nSPS) is 18.7. The van der Waals surface area contributed by atoms with Crippen LogP contribution < -0.4 is 10.0 Å². The van der Waals surface area contributed by atoms with Gasteiger partial charge in [0.05, 0.1) is 4.90 Å². The van der Waals surface area contributed by atoms with Crippen LogP contribution in [0.3, 0.4) is 0 Å². The van der Waals surface area contributed by atoms with Crippen molar-refractivity contribution in [2.75, 3.05) is 19.6 Å². The topological polar surface area (TPSA) is 58.2 Å². The molecular weight excluding hydrogens is 332 g/mol. The third-order valence-electron chi connectivity index (χ3n) is 4.12. The van der Waals surface area contributed by atoms with Crippen LogP contribution in [-0.4, -0.2) is 28.1 Å². The minimum absolute atomic E-state index is 0. The summed E-state index contributed by atoms with van der Waals surface area (Å²) in [5, 5.41) is 3.36. The standard InChI is InChI=1S/C17H28N2O2S.ClH/c1-14(2)12-15-5-7-17(8-6-15)22(20,21)19-11-9-16-4-3-10-18-13-16;/h5-8,14,16,18-19H,3-4,9-13H2,1-2H3;1H. The predicted octanol–water partition coefficient (Wildman–Crippen LogP) is 2.97. The fourth-order valence-corrected chi connectivity index (χ4v) is 3.97. The Hall–Kier alpha value is -0.620. The van der Waals surface area contributed by atoms with Crippen molar-refractivity contribution in [1.82, 2.24) is 10.0 Å². The number of benzene rings is 1. The van der Waals surface area contributed by atoms with Crippen LogP contribution in [0.15, 0.2) is 29.2 Å². The zero-order valence-electron chi connectivity index (χ0n) is 14.0. The molecule has 0 bridgehead atoms. The first-order valence-corrected chi connectivity index (χ1v) is 9.75. The molecule has 23 heavy (non-hydrogen) atoms. The van der Waals surface area contributed by atoms with E-state index in [0.29, 0.717) is 23.3 Å². The van der Waals surface area contributed by atoms with Crippen molar-refractivity contribution >= 4 is 22.4 Å². The SMILES string of the molecule is CC(C)Cc1ccc(S(=O)(=O)NCCC2CCCNC2)cc1.Cl. The van der Waals surface area contributed by atoms with Crippen LogP contribution in [0.25, 0.3) is 0 Å². The molecule has 1 heterocycles. The van der Waals surface area contributed by atoms with E-state index >= 15 is 0 Å². The molecule has 2 rings (SSSR count). The van der Waals surface area contributed by atoms with Crippen LogP contribution in [0.2, 0.25) is 0 Å². The monoisotopic (exact) mass is 360 g/mol. The molecule has 1 atom stereocenters. The summed E-state index contributed by atoms with van der Waals surface area (Å²) in [6.45, 7) is 6.93. The largest absolute Gasteiger partial charge is 0.316 e. The van der Waals surface area contributed by atoms with Crippen molar-refractivity contribution in [2.24, 2.45) is 11.8 Å². The van der Waals surface area contributed by atoms with Gasteiger partial charge < -0.3 is 5.32 Å². The van der Waals surface area contributed by atoms with Crippen molar-refractivity contribution in [3.8, 4) is 0 Å². The number of sulfonamides is 1. The second-order valence-corrected chi connectivity index (χ2v) is 8.41. The molecule has 132 valence electrons. The molecule has 0 aromatic heterocycles. The summed E-state index contributed by atoms with van der Waals surface area (Å²) in [5.74, 6) is 1.16. The average Bonchev–Trinajstić information content (AvgIpc) is 2.48. The molecule has 1 aliphatic rings. The van der Waals surface area contributed by atoms with E-state index in [2.05, 4.69) is 23.9 Å². The Morgan fingerprint density at radius 2 is 1.96 bits per heavy atom. The summed E-state index contributed by atoms with van der Waals surface area (Å²) in [5.41, 5.74) is 1.18. The molecule has 1 aromatic carbocycles. The van der Waals surface area contributed by atoms with Gasteiger partial charge in [-0.25, -0.2) is 13.1 Å². The Labute approximate surface area is 146 Å². The minimum Gasteiger partial charge on any atom is -0.316 e. The van der Waals surface area contributed by atoms with Gasteiger partial charge in [0.2, 0.25) is 10.0 Å².